The number of carboxylic acids is 1. The molecule has 0 bridgehead atoms. The van der Waals surface area contributed by atoms with Crippen LogP contribution in [0.1, 0.15) is 44.1 Å². The lowest BCUT2D eigenvalue weighted by molar-refractivity contribution is 0.0696. The van der Waals surface area contributed by atoms with Crippen LogP contribution in [0, 0.1) is 0 Å². The van der Waals surface area contributed by atoms with Crippen molar-refractivity contribution in [3.05, 3.63) is 52.3 Å². The molecule has 7 heteroatoms. The third-order valence-corrected chi connectivity index (χ3v) is 3.58. The van der Waals surface area contributed by atoms with Crippen LogP contribution < -0.4 is 5.43 Å². The number of aryl methyl sites for hydroxylation is 1. The summed E-state index contributed by atoms with van der Waals surface area (Å²) in [6.45, 7) is 0. The minimum atomic E-state index is -1.04. The summed E-state index contributed by atoms with van der Waals surface area (Å²) in [5.41, 5.74) is 5.24. The van der Waals surface area contributed by atoms with Gasteiger partial charge in [0.1, 0.15) is 0 Å². The minimum Gasteiger partial charge on any atom is -0.478 e. The summed E-state index contributed by atoms with van der Waals surface area (Å²) in [6.07, 6.45) is 4.07. The number of nitrogens with one attached hydrogen (secondary N) is 2. The summed E-state index contributed by atoms with van der Waals surface area (Å²) in [6, 6.07) is 6.43. The van der Waals surface area contributed by atoms with E-state index in [4.69, 9.17) is 5.11 Å². The maximum atomic E-state index is 12.1. The number of hydrogen-bond donors (Lipinski definition) is 3. The van der Waals surface area contributed by atoms with Crippen molar-refractivity contribution in [2.24, 2.45) is 5.10 Å². The number of carboxylic acid groups (broad SMARTS) is 1. The van der Waals surface area contributed by atoms with Gasteiger partial charge in [0.15, 0.2) is 5.69 Å². The zero-order chi connectivity index (χ0) is 15.5. The Hall–Kier alpha value is -2.96. The molecule has 3 rings (SSSR count). The summed E-state index contributed by atoms with van der Waals surface area (Å²) in [5.74, 6) is -1.44. The average Bonchev–Trinajstić information content (AvgIpc) is 3.10. The fraction of sp³-hybridized carbons (Fsp3) is 0.200. The predicted octanol–water partition coefficient (Wildman–Crippen LogP) is 1.36. The molecule has 0 saturated carbocycles. The lowest BCUT2D eigenvalue weighted by Gasteiger charge is -2.00. The van der Waals surface area contributed by atoms with E-state index in [-0.39, 0.29) is 5.56 Å². The van der Waals surface area contributed by atoms with Gasteiger partial charge in [-0.05, 0) is 25.3 Å². The molecule has 1 amide bonds. The summed E-state index contributed by atoms with van der Waals surface area (Å²) in [4.78, 5) is 23.1. The number of nitrogens with zero attached hydrogens (tertiary/aromatic N) is 2. The van der Waals surface area contributed by atoms with Crippen molar-refractivity contribution < 1.29 is 14.7 Å². The van der Waals surface area contributed by atoms with Gasteiger partial charge in [-0.2, -0.15) is 10.2 Å². The van der Waals surface area contributed by atoms with Crippen molar-refractivity contribution in [3.8, 4) is 0 Å². The molecule has 1 aromatic carbocycles. The summed E-state index contributed by atoms with van der Waals surface area (Å²) in [5, 5.41) is 19.8. The van der Waals surface area contributed by atoms with Crippen LogP contribution in [0.15, 0.2) is 29.4 Å². The number of benzene rings is 1. The molecule has 2 aromatic rings. The number of hydrogen-bond acceptors (Lipinski definition) is 4. The van der Waals surface area contributed by atoms with Gasteiger partial charge in [0.05, 0.1) is 11.8 Å². The smallest absolute Gasteiger partial charge is 0.336 e. The summed E-state index contributed by atoms with van der Waals surface area (Å²) >= 11 is 0. The number of fused-ring (bicyclic) bond motifs is 1. The Morgan fingerprint density at radius 2 is 2.14 bits per heavy atom. The molecule has 0 unspecified atom stereocenters. The molecule has 1 aliphatic carbocycles. The Morgan fingerprint density at radius 1 is 1.32 bits per heavy atom. The molecule has 3 N–H and O–H groups in total. The van der Waals surface area contributed by atoms with E-state index in [0.29, 0.717) is 11.3 Å². The van der Waals surface area contributed by atoms with Crippen LogP contribution in [0.4, 0.5) is 0 Å². The molecule has 7 nitrogen and oxygen atoms in total. The molecule has 0 radical (unpaired) electrons. The maximum Gasteiger partial charge on any atom is 0.336 e. The molecule has 1 aliphatic rings. The van der Waals surface area contributed by atoms with Gasteiger partial charge >= 0.3 is 5.97 Å². The lowest BCUT2D eigenvalue weighted by Crippen LogP contribution is -2.19. The number of carbonyl (C=O) groups excluding carboxylic acids is 1. The topological polar surface area (TPSA) is 107 Å². The van der Waals surface area contributed by atoms with Gasteiger partial charge in [-0.25, -0.2) is 10.2 Å². The third-order valence-electron chi connectivity index (χ3n) is 3.58. The highest BCUT2D eigenvalue weighted by atomic mass is 16.4. The van der Waals surface area contributed by atoms with E-state index >= 15 is 0 Å². The Bertz CT molecular complexity index is 764. The van der Waals surface area contributed by atoms with Crippen molar-refractivity contribution in [3.63, 3.8) is 0 Å². The van der Waals surface area contributed by atoms with Crippen molar-refractivity contribution in [2.75, 3.05) is 0 Å². The number of aromatic amines is 1. The second-order valence-electron chi connectivity index (χ2n) is 4.97. The molecule has 0 saturated heterocycles. The van der Waals surface area contributed by atoms with Crippen molar-refractivity contribution in [2.45, 2.75) is 19.3 Å². The molecular formula is C15H14N4O3. The van der Waals surface area contributed by atoms with E-state index in [1.165, 1.54) is 12.3 Å². The quantitative estimate of drug-likeness (QED) is 0.585. The number of aromatic nitrogens is 2. The Kier molecular flexibility index (Phi) is 3.69. The van der Waals surface area contributed by atoms with E-state index in [1.54, 1.807) is 18.2 Å². The molecule has 1 aromatic heterocycles. The normalized spacial score (nSPS) is 13.3. The third kappa shape index (κ3) is 2.60. The fourth-order valence-corrected chi connectivity index (χ4v) is 2.52. The van der Waals surface area contributed by atoms with Gasteiger partial charge in [0, 0.05) is 16.8 Å². The predicted molar refractivity (Wildman–Crippen MR) is 79.1 cm³/mol. The number of aromatic carboxylic acids is 1. The first-order valence-corrected chi connectivity index (χ1v) is 6.88. The lowest BCUT2D eigenvalue weighted by atomic mass is 10.1. The summed E-state index contributed by atoms with van der Waals surface area (Å²) < 4.78 is 0. The second-order valence-corrected chi connectivity index (χ2v) is 4.97. The Balaban J connectivity index is 1.72. The average molecular weight is 298 g/mol. The standard InChI is InChI=1S/C15H14N4O3/c20-14(13-11-6-3-7-12(11)17-18-13)19-16-8-9-4-1-2-5-10(9)15(21)22/h1-2,4-5,8H,3,6-7H2,(H,17,18)(H,19,20)(H,21,22). The van der Waals surface area contributed by atoms with E-state index in [9.17, 15) is 9.59 Å². The zero-order valence-electron chi connectivity index (χ0n) is 11.7. The number of hydrazone groups is 1. The Labute approximate surface area is 126 Å². The monoisotopic (exact) mass is 298 g/mol. The molecule has 1 heterocycles. The van der Waals surface area contributed by atoms with Crippen LogP contribution in [0.3, 0.4) is 0 Å². The molecule has 0 spiro atoms. The zero-order valence-corrected chi connectivity index (χ0v) is 11.7. The second kappa shape index (κ2) is 5.80. The van der Waals surface area contributed by atoms with Gasteiger partial charge in [0.25, 0.3) is 5.91 Å². The van der Waals surface area contributed by atoms with Crippen LogP contribution in [-0.4, -0.2) is 33.4 Å². The van der Waals surface area contributed by atoms with Gasteiger partial charge < -0.3 is 5.11 Å². The number of rotatable bonds is 4. The van der Waals surface area contributed by atoms with Crippen LogP contribution in [-0.2, 0) is 12.8 Å². The number of carbonyl (C=O) groups is 2. The van der Waals surface area contributed by atoms with Crippen LogP contribution in [0.5, 0.6) is 0 Å². The van der Waals surface area contributed by atoms with E-state index in [1.807, 2.05) is 0 Å². The van der Waals surface area contributed by atoms with Crippen molar-refractivity contribution in [1.82, 2.24) is 15.6 Å². The highest BCUT2D eigenvalue weighted by Crippen LogP contribution is 2.22. The molecule has 112 valence electrons. The first-order valence-electron chi connectivity index (χ1n) is 6.88. The maximum absolute atomic E-state index is 12.1. The van der Waals surface area contributed by atoms with E-state index in [2.05, 4.69) is 20.7 Å². The SMILES string of the molecule is O=C(O)c1ccccc1C=NNC(=O)c1n[nH]c2c1CCC2. The van der Waals surface area contributed by atoms with E-state index in [0.717, 1.165) is 30.5 Å². The highest BCUT2D eigenvalue weighted by molar-refractivity contribution is 5.99. The van der Waals surface area contributed by atoms with Gasteiger partial charge in [-0.15, -0.1) is 0 Å². The van der Waals surface area contributed by atoms with Crippen molar-refractivity contribution in [1.29, 1.82) is 0 Å². The van der Waals surface area contributed by atoms with Crippen molar-refractivity contribution >= 4 is 18.1 Å². The number of H-pyrrole nitrogens is 1. The summed E-state index contributed by atoms with van der Waals surface area (Å²) in [7, 11) is 0. The van der Waals surface area contributed by atoms with E-state index < -0.39 is 11.9 Å². The molecular weight excluding hydrogens is 284 g/mol. The van der Waals surface area contributed by atoms with Crippen LogP contribution in [0.25, 0.3) is 0 Å². The molecule has 0 atom stereocenters. The van der Waals surface area contributed by atoms with Gasteiger partial charge in [-0.3, -0.25) is 9.89 Å². The largest absolute Gasteiger partial charge is 0.478 e. The highest BCUT2D eigenvalue weighted by Gasteiger charge is 2.22. The van der Waals surface area contributed by atoms with Gasteiger partial charge in [0.2, 0.25) is 0 Å². The number of amides is 1. The van der Waals surface area contributed by atoms with Crippen LogP contribution >= 0.6 is 0 Å². The first kappa shape index (κ1) is 14.0. The Morgan fingerprint density at radius 3 is 2.95 bits per heavy atom. The minimum absolute atomic E-state index is 0.126. The molecule has 0 fully saturated rings. The first-order chi connectivity index (χ1) is 10.7. The molecule has 0 aliphatic heterocycles. The van der Waals surface area contributed by atoms with Gasteiger partial charge in [-0.1, -0.05) is 18.2 Å². The molecule has 22 heavy (non-hydrogen) atoms. The fourth-order valence-electron chi connectivity index (χ4n) is 2.52. The van der Waals surface area contributed by atoms with Crippen LogP contribution in [0.2, 0.25) is 0 Å².